The van der Waals surface area contributed by atoms with Crippen molar-refractivity contribution in [1.29, 1.82) is 0 Å². The molecule has 1 N–H and O–H groups in total. The summed E-state index contributed by atoms with van der Waals surface area (Å²) < 4.78 is 6.70. The van der Waals surface area contributed by atoms with Crippen LogP contribution in [0.5, 0.6) is 0 Å². The highest BCUT2D eigenvalue weighted by Crippen LogP contribution is 2.37. The first-order valence-corrected chi connectivity index (χ1v) is 10.6. The van der Waals surface area contributed by atoms with Crippen molar-refractivity contribution in [2.24, 2.45) is 5.92 Å². The molecule has 25 heavy (non-hydrogen) atoms. The molecule has 0 radical (unpaired) electrons. The van der Waals surface area contributed by atoms with Crippen molar-refractivity contribution in [2.45, 2.75) is 39.2 Å². The molecule has 0 aliphatic rings. The number of benzene rings is 2. The summed E-state index contributed by atoms with van der Waals surface area (Å²) in [6.45, 7) is 9.05. The smallest absolute Gasteiger partial charge is 0.303 e. The highest BCUT2D eigenvalue weighted by atomic mass is 28.4. The maximum Gasteiger partial charge on any atom is 0.303 e. The molecule has 0 aliphatic carbocycles. The first kappa shape index (κ1) is 19.4. The summed E-state index contributed by atoms with van der Waals surface area (Å²) in [5.41, 5.74) is 0. The molecule has 3 nitrogen and oxygen atoms in total. The van der Waals surface area contributed by atoms with E-state index >= 15 is 0 Å². The molecule has 0 aliphatic heterocycles. The van der Waals surface area contributed by atoms with Crippen molar-refractivity contribution in [3.8, 4) is 0 Å². The van der Waals surface area contributed by atoms with E-state index in [4.69, 9.17) is 9.53 Å². The molecule has 2 rings (SSSR count). The van der Waals surface area contributed by atoms with E-state index in [-0.39, 0.29) is 17.4 Å². The minimum atomic E-state index is -2.56. The van der Waals surface area contributed by atoms with Gasteiger partial charge in [0.2, 0.25) is 0 Å². The van der Waals surface area contributed by atoms with Crippen molar-refractivity contribution in [3.63, 3.8) is 0 Å². The highest BCUT2D eigenvalue weighted by Gasteiger charge is 2.50. The predicted octanol–water partition coefficient (Wildman–Crippen LogP) is 3.67. The van der Waals surface area contributed by atoms with Crippen LogP contribution in [0.1, 0.15) is 34.1 Å². The molecule has 0 aromatic heterocycles. The molecule has 0 heterocycles. The van der Waals surface area contributed by atoms with Crippen LogP contribution in [0.3, 0.4) is 0 Å². The summed E-state index contributed by atoms with van der Waals surface area (Å²) in [4.78, 5) is 11.0. The lowest BCUT2D eigenvalue weighted by molar-refractivity contribution is -0.138. The van der Waals surface area contributed by atoms with Crippen LogP contribution >= 0.6 is 0 Å². The van der Waals surface area contributed by atoms with E-state index in [1.54, 1.807) is 0 Å². The first-order chi connectivity index (χ1) is 11.8. The molecule has 134 valence electrons. The van der Waals surface area contributed by atoms with Crippen molar-refractivity contribution >= 4 is 24.7 Å². The van der Waals surface area contributed by atoms with Gasteiger partial charge in [-0.2, -0.15) is 0 Å². The summed E-state index contributed by atoms with van der Waals surface area (Å²) in [5, 5.41) is 11.4. The number of hydrogen-bond donors (Lipinski definition) is 1. The third-order valence-electron chi connectivity index (χ3n) is 4.52. The number of hydrogen-bond acceptors (Lipinski definition) is 2. The van der Waals surface area contributed by atoms with Gasteiger partial charge >= 0.3 is 5.97 Å². The Hall–Kier alpha value is -1.91. The zero-order valence-corrected chi connectivity index (χ0v) is 16.5. The van der Waals surface area contributed by atoms with E-state index in [1.165, 1.54) is 10.4 Å². The summed E-state index contributed by atoms with van der Waals surface area (Å²) in [6, 6.07) is 20.8. The van der Waals surface area contributed by atoms with Gasteiger partial charge in [-0.25, -0.2) is 0 Å². The molecule has 0 bridgehead atoms. The molecule has 0 fully saturated rings. The number of rotatable bonds is 7. The lowest BCUT2D eigenvalue weighted by atomic mass is 10.1. The van der Waals surface area contributed by atoms with Crippen LogP contribution < -0.4 is 10.4 Å². The van der Waals surface area contributed by atoms with Gasteiger partial charge in [0.25, 0.3) is 8.32 Å². The fourth-order valence-corrected chi connectivity index (χ4v) is 8.08. The van der Waals surface area contributed by atoms with Gasteiger partial charge in [-0.15, -0.1) is 0 Å². The van der Waals surface area contributed by atoms with Crippen molar-refractivity contribution in [2.75, 3.05) is 6.61 Å². The lowest BCUT2D eigenvalue weighted by Crippen LogP contribution is -2.66. The van der Waals surface area contributed by atoms with Crippen molar-refractivity contribution in [3.05, 3.63) is 60.7 Å². The Labute approximate surface area is 151 Å². The molecule has 0 unspecified atom stereocenters. The molecule has 2 aromatic rings. The third-order valence-corrected chi connectivity index (χ3v) is 9.53. The van der Waals surface area contributed by atoms with Gasteiger partial charge < -0.3 is 9.53 Å². The van der Waals surface area contributed by atoms with Crippen LogP contribution in [0.25, 0.3) is 0 Å². The Morgan fingerprint density at radius 1 is 1.00 bits per heavy atom. The minimum Gasteiger partial charge on any atom is -0.481 e. The fourth-order valence-electron chi connectivity index (χ4n) is 3.39. The SMILES string of the molecule is C[C@@H](CO[Si](c1ccccc1)(c1ccccc1)C(C)(C)C)CC(=O)O. The lowest BCUT2D eigenvalue weighted by Gasteiger charge is -2.43. The zero-order valence-electron chi connectivity index (χ0n) is 15.5. The number of aliphatic carboxylic acids is 1. The van der Waals surface area contributed by atoms with Crippen molar-refractivity contribution < 1.29 is 14.3 Å². The minimum absolute atomic E-state index is 0.0286. The summed E-state index contributed by atoms with van der Waals surface area (Å²) in [5.74, 6) is -0.808. The van der Waals surface area contributed by atoms with Gasteiger partial charge in [-0.3, -0.25) is 4.79 Å². The summed E-state index contributed by atoms with van der Waals surface area (Å²) in [7, 11) is -2.56. The van der Waals surface area contributed by atoms with E-state index in [0.717, 1.165) is 0 Å². The largest absolute Gasteiger partial charge is 0.481 e. The number of carbonyl (C=O) groups is 1. The van der Waals surface area contributed by atoms with E-state index in [0.29, 0.717) is 6.61 Å². The van der Waals surface area contributed by atoms with Gasteiger partial charge in [-0.1, -0.05) is 88.4 Å². The molecule has 0 amide bonds. The fraction of sp³-hybridized carbons (Fsp3) is 0.381. The van der Waals surface area contributed by atoms with Crippen LogP contribution in [-0.4, -0.2) is 26.0 Å². The van der Waals surface area contributed by atoms with E-state index in [1.807, 2.05) is 19.1 Å². The van der Waals surface area contributed by atoms with Crippen LogP contribution in [0, 0.1) is 5.92 Å². The first-order valence-electron chi connectivity index (χ1n) is 8.74. The number of carboxylic acids is 1. The number of carboxylic acid groups (broad SMARTS) is 1. The second kappa shape index (κ2) is 7.98. The van der Waals surface area contributed by atoms with Crippen LogP contribution in [0.2, 0.25) is 5.04 Å². The summed E-state index contributed by atoms with van der Waals surface area (Å²) >= 11 is 0. The van der Waals surface area contributed by atoms with Gasteiger partial charge in [0.05, 0.1) is 6.42 Å². The van der Waals surface area contributed by atoms with Crippen LogP contribution in [0.4, 0.5) is 0 Å². The van der Waals surface area contributed by atoms with Crippen LogP contribution in [-0.2, 0) is 9.22 Å². The molecule has 2 aromatic carbocycles. The quantitative estimate of drug-likeness (QED) is 0.770. The van der Waals surface area contributed by atoms with Gasteiger partial charge in [0.1, 0.15) is 0 Å². The monoisotopic (exact) mass is 356 g/mol. The zero-order chi connectivity index (χ0) is 18.5. The second-order valence-electron chi connectivity index (χ2n) is 7.68. The third kappa shape index (κ3) is 4.38. The topological polar surface area (TPSA) is 46.5 Å². The average Bonchev–Trinajstić information content (AvgIpc) is 2.55. The highest BCUT2D eigenvalue weighted by molar-refractivity contribution is 6.99. The molecular weight excluding hydrogens is 328 g/mol. The van der Waals surface area contributed by atoms with Crippen molar-refractivity contribution in [1.82, 2.24) is 0 Å². The van der Waals surface area contributed by atoms with E-state index < -0.39 is 14.3 Å². The standard InChI is InChI=1S/C21H28O3Si/c1-17(15-20(22)23)16-24-25(21(2,3)4,18-11-7-5-8-12-18)19-13-9-6-10-14-19/h5-14,17H,15-16H2,1-4H3,(H,22,23)/t17-/m1/s1. The molecule has 0 saturated heterocycles. The molecule has 0 spiro atoms. The Balaban J connectivity index is 2.51. The van der Waals surface area contributed by atoms with Crippen LogP contribution in [0.15, 0.2) is 60.7 Å². The maximum absolute atomic E-state index is 11.0. The molecular formula is C21H28O3Si. The van der Waals surface area contributed by atoms with Gasteiger partial charge in [0.15, 0.2) is 0 Å². The summed E-state index contributed by atoms with van der Waals surface area (Å²) in [6.07, 6.45) is 0.123. The van der Waals surface area contributed by atoms with Gasteiger partial charge in [0, 0.05) is 6.61 Å². The molecule has 0 saturated carbocycles. The second-order valence-corrected chi connectivity index (χ2v) is 12.0. The Bertz CT molecular complexity index is 638. The average molecular weight is 357 g/mol. The Kier molecular flexibility index (Phi) is 6.19. The molecule has 1 atom stereocenters. The van der Waals surface area contributed by atoms with E-state index in [9.17, 15) is 4.79 Å². The van der Waals surface area contributed by atoms with E-state index in [2.05, 4.69) is 69.3 Å². The molecule has 4 heteroatoms. The Morgan fingerprint density at radius 2 is 1.44 bits per heavy atom. The Morgan fingerprint density at radius 3 is 1.80 bits per heavy atom. The maximum atomic E-state index is 11.0. The predicted molar refractivity (Wildman–Crippen MR) is 105 cm³/mol. The van der Waals surface area contributed by atoms with Gasteiger partial charge in [-0.05, 0) is 21.3 Å². The normalized spacial score (nSPS) is 13.4.